The topological polar surface area (TPSA) is 105 Å². The molecule has 1 amide bonds. The van der Waals surface area contributed by atoms with Crippen molar-refractivity contribution in [2.45, 2.75) is 264 Å². The van der Waals surface area contributed by atoms with E-state index in [-0.39, 0.29) is 19.1 Å². The third kappa shape index (κ3) is 63.8. The zero-order valence-electron chi connectivity index (χ0n) is 52.7. The number of rotatable bonds is 58. The van der Waals surface area contributed by atoms with Crippen LogP contribution in [0.5, 0.6) is 0 Å². The predicted octanol–water partition coefficient (Wildman–Crippen LogP) is 20.8. The lowest BCUT2D eigenvalue weighted by Gasteiger charge is -2.25. The number of hydrogen-bond acceptors (Lipinski definition) is 5. The van der Waals surface area contributed by atoms with E-state index in [0.29, 0.717) is 17.4 Å². The second-order valence-electron chi connectivity index (χ2n) is 22.7. The van der Waals surface area contributed by atoms with Crippen LogP contribution in [-0.4, -0.2) is 73.4 Å². The molecule has 0 saturated heterocycles. The molecule has 0 heterocycles. The van der Waals surface area contributed by atoms with Gasteiger partial charge in [0.05, 0.1) is 39.9 Å². The monoisotopic (exact) mass is 1140 g/mol. The lowest BCUT2D eigenvalue weighted by Crippen LogP contribution is -2.45. The standard InChI is InChI=1S/C72H123N2O6P/c1-6-8-10-12-14-16-18-20-22-24-26-28-30-31-32-33-34-35-36-37-38-39-40-41-42-43-44-46-48-50-52-54-56-58-60-62-64-66-72(76)73-70(69-80-81(77,78)79-68-67-74(3,4)5)71(75)65-63-61-59-57-55-53-51-49-47-45-29-27-25-23-21-19-17-15-13-11-9-7-2/h8,10,14,16,20,22,26,28,31-32,34-35,37-38,40-41,43-44,47,49,55,57,63,65,70-71,75H,6-7,9,11-13,15,17-19,21,23-25,27,29-30,33,36,39,42,45-46,48,50-54,56,58-62,64,66-69H2,1-5H3,(H-,73,76,77,78)/p+1/b10-8-,16-14-,22-20-,28-26-,32-31-,35-34-,38-37-,41-40-,44-43-,49-47+,57-55+,65-63+. The van der Waals surface area contributed by atoms with Gasteiger partial charge in [-0.2, -0.15) is 0 Å². The number of aliphatic hydroxyl groups is 1. The smallest absolute Gasteiger partial charge is 0.387 e. The number of phosphoric ester groups is 1. The number of likely N-dealkylation sites (N-methyl/N-ethyl adjacent to an activating group) is 1. The fraction of sp³-hybridized carbons (Fsp3) is 0.653. The molecule has 0 saturated carbocycles. The van der Waals surface area contributed by atoms with Crippen LogP contribution >= 0.6 is 7.82 Å². The molecular weight excluding hydrogens is 1020 g/mol. The zero-order valence-corrected chi connectivity index (χ0v) is 53.6. The second-order valence-corrected chi connectivity index (χ2v) is 24.2. The van der Waals surface area contributed by atoms with Gasteiger partial charge in [0.1, 0.15) is 13.2 Å². The Kier molecular flexibility index (Phi) is 58.2. The van der Waals surface area contributed by atoms with E-state index in [9.17, 15) is 19.4 Å². The molecule has 0 aromatic rings. The van der Waals surface area contributed by atoms with Crippen molar-refractivity contribution in [3.8, 4) is 0 Å². The number of hydrogen-bond donors (Lipinski definition) is 3. The average Bonchev–Trinajstić information content (AvgIpc) is 3.43. The Balaban J connectivity index is 4.23. The van der Waals surface area contributed by atoms with Crippen molar-refractivity contribution < 1.29 is 32.9 Å². The van der Waals surface area contributed by atoms with Crippen molar-refractivity contribution in [2.24, 2.45) is 0 Å². The lowest BCUT2D eigenvalue weighted by atomic mass is 10.0. The molecule has 0 aliphatic heterocycles. The Morgan fingerprint density at radius 2 is 0.753 bits per heavy atom. The molecule has 3 atom stereocenters. The first kappa shape index (κ1) is 77.4. The lowest BCUT2D eigenvalue weighted by molar-refractivity contribution is -0.870. The third-order valence-electron chi connectivity index (χ3n) is 13.8. The fourth-order valence-electron chi connectivity index (χ4n) is 8.71. The molecule has 0 aliphatic rings. The van der Waals surface area contributed by atoms with Crippen LogP contribution in [0.25, 0.3) is 0 Å². The Morgan fingerprint density at radius 1 is 0.432 bits per heavy atom. The Labute approximate surface area is 499 Å². The molecule has 9 heteroatoms. The van der Waals surface area contributed by atoms with Crippen LogP contribution in [0.1, 0.15) is 251 Å². The summed E-state index contributed by atoms with van der Waals surface area (Å²) in [5.74, 6) is -0.202. The summed E-state index contributed by atoms with van der Waals surface area (Å²) in [4.78, 5) is 23.4. The van der Waals surface area contributed by atoms with Crippen LogP contribution in [0.3, 0.4) is 0 Å². The molecule has 0 aromatic carbocycles. The molecule has 462 valence electrons. The van der Waals surface area contributed by atoms with E-state index in [4.69, 9.17) is 9.05 Å². The molecule has 0 rings (SSSR count). The summed E-state index contributed by atoms with van der Waals surface area (Å²) in [6.45, 7) is 4.66. The minimum atomic E-state index is -4.38. The first-order chi connectivity index (χ1) is 39.5. The summed E-state index contributed by atoms with van der Waals surface area (Å²) < 4.78 is 23.7. The maximum Gasteiger partial charge on any atom is 0.472 e. The van der Waals surface area contributed by atoms with Crippen LogP contribution in [0.15, 0.2) is 146 Å². The Morgan fingerprint density at radius 3 is 1.14 bits per heavy atom. The average molecular weight is 1140 g/mol. The van der Waals surface area contributed by atoms with E-state index in [1.165, 1.54) is 116 Å². The Bertz CT molecular complexity index is 1830. The van der Waals surface area contributed by atoms with Crippen LogP contribution in [0, 0.1) is 0 Å². The molecule has 0 spiro atoms. The quantitative estimate of drug-likeness (QED) is 0.0243. The number of quaternary nitrogens is 1. The minimum absolute atomic E-state index is 0.0451. The number of amides is 1. The highest BCUT2D eigenvalue weighted by Gasteiger charge is 2.27. The van der Waals surface area contributed by atoms with E-state index in [1.807, 2.05) is 27.2 Å². The van der Waals surface area contributed by atoms with Crippen molar-refractivity contribution in [1.29, 1.82) is 0 Å². The van der Waals surface area contributed by atoms with Crippen LogP contribution < -0.4 is 5.32 Å². The number of allylic oxidation sites excluding steroid dienone is 23. The molecule has 0 aromatic heterocycles. The summed E-state index contributed by atoms with van der Waals surface area (Å²) >= 11 is 0. The van der Waals surface area contributed by atoms with E-state index in [2.05, 4.69) is 153 Å². The number of phosphoric acid groups is 1. The van der Waals surface area contributed by atoms with Crippen LogP contribution in [0.4, 0.5) is 0 Å². The van der Waals surface area contributed by atoms with Gasteiger partial charge < -0.3 is 19.8 Å². The molecule has 81 heavy (non-hydrogen) atoms. The number of aliphatic hydroxyl groups excluding tert-OH is 1. The predicted molar refractivity (Wildman–Crippen MR) is 354 cm³/mol. The minimum Gasteiger partial charge on any atom is -0.387 e. The van der Waals surface area contributed by atoms with Gasteiger partial charge in [0.2, 0.25) is 5.91 Å². The molecule has 0 aliphatic carbocycles. The SMILES string of the molecule is CC/C=C\C/C=C\C/C=C\C/C=C\C/C=C\C/C=C\C/C=C\C/C=C\C/C=C\CCCCCCCCCCCC(=O)NC(COP(=O)(O)OCC[N+](C)(C)C)C(O)/C=C/CC/C=C/CC/C=C/CCCCCCCCCCCCCC. The van der Waals surface area contributed by atoms with Crippen LogP contribution in [-0.2, 0) is 18.4 Å². The Hall–Kier alpha value is -3.62. The highest BCUT2D eigenvalue weighted by molar-refractivity contribution is 7.47. The normalized spacial score (nSPS) is 14.7. The van der Waals surface area contributed by atoms with Crippen molar-refractivity contribution in [1.82, 2.24) is 5.32 Å². The number of carbonyl (C=O) groups excluding carboxylic acids is 1. The number of nitrogens with one attached hydrogen (secondary N) is 1. The molecule has 8 nitrogen and oxygen atoms in total. The molecule has 3 N–H and O–H groups in total. The van der Waals surface area contributed by atoms with Crippen LogP contribution in [0.2, 0.25) is 0 Å². The van der Waals surface area contributed by atoms with E-state index in [1.54, 1.807) is 6.08 Å². The number of unbranched alkanes of at least 4 members (excludes halogenated alkanes) is 23. The second kappa shape index (κ2) is 61.0. The van der Waals surface area contributed by atoms with Crippen molar-refractivity contribution in [3.63, 3.8) is 0 Å². The van der Waals surface area contributed by atoms with Gasteiger partial charge in [0.15, 0.2) is 0 Å². The molecule has 3 unspecified atom stereocenters. The van der Waals surface area contributed by atoms with E-state index in [0.717, 1.165) is 116 Å². The maximum absolute atomic E-state index is 13.0. The molecule has 0 fully saturated rings. The molecular formula is C72H124N2O6P+. The molecule has 0 radical (unpaired) electrons. The van der Waals surface area contributed by atoms with Crippen molar-refractivity contribution >= 4 is 13.7 Å². The van der Waals surface area contributed by atoms with Gasteiger partial charge in [-0.15, -0.1) is 0 Å². The summed E-state index contributed by atoms with van der Waals surface area (Å²) in [7, 11) is 1.52. The summed E-state index contributed by atoms with van der Waals surface area (Å²) in [6.07, 6.45) is 94.0. The highest BCUT2D eigenvalue weighted by Crippen LogP contribution is 2.43. The largest absolute Gasteiger partial charge is 0.472 e. The third-order valence-corrected chi connectivity index (χ3v) is 14.8. The first-order valence-corrected chi connectivity index (χ1v) is 34.2. The van der Waals surface area contributed by atoms with E-state index < -0.39 is 20.0 Å². The van der Waals surface area contributed by atoms with Crippen molar-refractivity contribution in [2.75, 3.05) is 40.9 Å². The van der Waals surface area contributed by atoms with Gasteiger partial charge in [-0.3, -0.25) is 13.8 Å². The van der Waals surface area contributed by atoms with Gasteiger partial charge >= 0.3 is 7.82 Å². The van der Waals surface area contributed by atoms with Crippen molar-refractivity contribution in [3.05, 3.63) is 146 Å². The van der Waals surface area contributed by atoms with Gasteiger partial charge in [0.25, 0.3) is 0 Å². The zero-order chi connectivity index (χ0) is 59.1. The molecule has 0 bridgehead atoms. The highest BCUT2D eigenvalue weighted by atomic mass is 31.2. The summed E-state index contributed by atoms with van der Waals surface area (Å²) in [5, 5.41) is 13.9. The fourth-order valence-corrected chi connectivity index (χ4v) is 9.45. The van der Waals surface area contributed by atoms with Gasteiger partial charge in [-0.25, -0.2) is 4.57 Å². The number of nitrogens with zero attached hydrogens (tertiary/aromatic N) is 1. The van der Waals surface area contributed by atoms with E-state index >= 15 is 0 Å². The summed E-state index contributed by atoms with van der Waals surface area (Å²) in [5.41, 5.74) is 0. The number of carbonyl (C=O) groups is 1. The maximum atomic E-state index is 13.0. The summed E-state index contributed by atoms with van der Waals surface area (Å²) in [6, 6.07) is -0.885. The van der Waals surface area contributed by atoms with Gasteiger partial charge in [0, 0.05) is 6.42 Å². The first-order valence-electron chi connectivity index (χ1n) is 32.7. The van der Waals surface area contributed by atoms with Gasteiger partial charge in [-0.05, 0) is 116 Å². The van der Waals surface area contributed by atoms with Gasteiger partial charge in [-0.1, -0.05) is 275 Å².